The summed E-state index contributed by atoms with van der Waals surface area (Å²) in [5, 5.41) is 17.1. The summed E-state index contributed by atoms with van der Waals surface area (Å²) < 4.78 is 30.2. The number of hydrogen-bond donors (Lipinski definition) is 2. The van der Waals surface area contributed by atoms with Gasteiger partial charge in [-0.15, -0.1) is 11.8 Å². The lowest BCUT2D eigenvalue weighted by Gasteiger charge is -2.37. The fraction of sp³-hybridized carbons (Fsp3) is 0.378. The molecule has 0 amide bonds. The van der Waals surface area contributed by atoms with Crippen molar-refractivity contribution in [1.29, 1.82) is 0 Å². The van der Waals surface area contributed by atoms with E-state index in [4.69, 9.17) is 11.6 Å². The molecule has 12 nitrogen and oxygen atoms in total. The van der Waals surface area contributed by atoms with Gasteiger partial charge in [-0.2, -0.15) is 0 Å². The second-order valence-corrected chi connectivity index (χ2v) is 18.5. The molecular weight excluding hydrogens is 816 g/mol. The van der Waals surface area contributed by atoms with Crippen LogP contribution in [0.1, 0.15) is 51.5 Å². The molecule has 1 fully saturated rings. The minimum absolute atomic E-state index is 0.105. The fourth-order valence-electron chi connectivity index (χ4n) is 8.05. The molecule has 5 aromatic rings. The van der Waals surface area contributed by atoms with E-state index in [-0.39, 0.29) is 28.1 Å². The van der Waals surface area contributed by atoms with Crippen LogP contribution in [0.2, 0.25) is 5.02 Å². The molecule has 1 saturated heterocycles. The Morgan fingerprint density at radius 3 is 2.40 bits per heavy atom. The van der Waals surface area contributed by atoms with Crippen molar-refractivity contribution < 1.29 is 13.3 Å². The monoisotopic (exact) mass is 868 g/mol. The number of hydrogen-bond acceptors (Lipinski definition) is 11. The van der Waals surface area contributed by atoms with E-state index in [9.17, 15) is 18.5 Å². The highest BCUT2D eigenvalue weighted by Crippen LogP contribution is 2.35. The zero-order chi connectivity index (χ0) is 42.1. The number of benzene rings is 4. The van der Waals surface area contributed by atoms with Crippen LogP contribution in [0.5, 0.6) is 0 Å². The van der Waals surface area contributed by atoms with Crippen molar-refractivity contribution in [3.8, 4) is 0 Å². The number of nitro benzene ring substituents is 1. The van der Waals surface area contributed by atoms with Crippen molar-refractivity contribution in [2.24, 2.45) is 0 Å². The van der Waals surface area contributed by atoms with E-state index in [1.807, 2.05) is 60.7 Å². The highest BCUT2D eigenvalue weighted by Gasteiger charge is 2.26. The minimum Gasteiger partial charge on any atom is -0.376 e. The fourth-order valence-corrected chi connectivity index (χ4v) is 10.2. The molecule has 0 bridgehead atoms. The van der Waals surface area contributed by atoms with Crippen LogP contribution in [-0.2, 0) is 10.0 Å². The number of nitrogens with one attached hydrogen (secondary N) is 2. The molecule has 4 aromatic carbocycles. The molecule has 60 heavy (non-hydrogen) atoms. The number of sulfonamides is 1. The minimum atomic E-state index is -4.26. The summed E-state index contributed by atoms with van der Waals surface area (Å²) in [7, 11) is -4.26. The summed E-state index contributed by atoms with van der Waals surface area (Å²) in [6.07, 6.45) is 6.75. The molecule has 316 valence electrons. The molecular formula is C45H53ClN8O4S2. The van der Waals surface area contributed by atoms with Gasteiger partial charge in [0.05, 0.1) is 15.3 Å². The van der Waals surface area contributed by atoms with Crippen LogP contribution in [0.4, 0.5) is 22.9 Å². The lowest BCUT2D eigenvalue weighted by Crippen LogP contribution is -2.47. The largest absolute Gasteiger partial charge is 0.376 e. The first kappa shape index (κ1) is 43.4. The van der Waals surface area contributed by atoms with Crippen LogP contribution < -0.4 is 14.9 Å². The number of anilines is 3. The first-order valence-corrected chi connectivity index (χ1v) is 23.6. The number of aromatic nitrogens is 2. The zero-order valence-electron chi connectivity index (χ0n) is 34.2. The number of nitro groups is 1. The van der Waals surface area contributed by atoms with Gasteiger partial charge in [-0.1, -0.05) is 61.4 Å². The average Bonchev–Trinajstić information content (AvgIpc) is 3.26. The number of allylic oxidation sites excluding steroid dienone is 1. The summed E-state index contributed by atoms with van der Waals surface area (Å²) in [5.74, 6) is 0.779. The van der Waals surface area contributed by atoms with E-state index in [1.165, 1.54) is 48.0 Å². The van der Waals surface area contributed by atoms with Crippen LogP contribution in [0.25, 0.3) is 16.5 Å². The van der Waals surface area contributed by atoms with Gasteiger partial charge in [-0.3, -0.25) is 19.7 Å². The van der Waals surface area contributed by atoms with Gasteiger partial charge in [0.2, 0.25) is 0 Å². The third-order valence-corrected chi connectivity index (χ3v) is 14.3. The van der Waals surface area contributed by atoms with E-state index in [0.29, 0.717) is 16.7 Å². The number of rotatable bonds is 18. The van der Waals surface area contributed by atoms with Gasteiger partial charge in [-0.05, 0) is 111 Å². The van der Waals surface area contributed by atoms with E-state index >= 15 is 0 Å². The van der Waals surface area contributed by atoms with Crippen molar-refractivity contribution in [1.82, 2.24) is 19.8 Å². The number of fused-ring (bicyclic) bond motifs is 1. The molecule has 0 saturated carbocycles. The summed E-state index contributed by atoms with van der Waals surface area (Å²) in [4.78, 5) is 28.7. The molecule has 2 N–H and O–H groups in total. The van der Waals surface area contributed by atoms with Gasteiger partial charge in [0.15, 0.2) is 5.82 Å². The molecule has 0 radical (unpaired) electrons. The van der Waals surface area contributed by atoms with Crippen LogP contribution >= 0.6 is 23.4 Å². The van der Waals surface area contributed by atoms with Crippen molar-refractivity contribution in [2.45, 2.75) is 61.8 Å². The Kier molecular flexibility index (Phi) is 14.6. The Morgan fingerprint density at radius 1 is 0.917 bits per heavy atom. The molecule has 1 aliphatic carbocycles. The molecule has 0 unspecified atom stereocenters. The second-order valence-electron chi connectivity index (χ2n) is 15.3. The smallest absolute Gasteiger partial charge is 0.293 e. The Hall–Kier alpha value is -4.73. The molecule has 1 aromatic heterocycles. The van der Waals surface area contributed by atoms with Crippen molar-refractivity contribution in [3.63, 3.8) is 0 Å². The SMILES string of the molecule is CCN(CC)CC[C@H](CSc1ccccc1)Nc1ccc(S(=O)(=O)Nc2ncnc3cc(N4CCN(CC5=C(c6ccc(Cl)cc6)CCCC5)CC4)ccc23)cc1[N+](=O)[O-]. The predicted octanol–water partition coefficient (Wildman–Crippen LogP) is 9.45. The number of thioether (sulfide) groups is 1. The van der Waals surface area contributed by atoms with Crippen molar-refractivity contribution >= 4 is 72.7 Å². The molecule has 7 rings (SSSR count). The van der Waals surface area contributed by atoms with Crippen LogP contribution in [-0.4, -0.2) is 97.3 Å². The molecule has 1 aliphatic heterocycles. The second kappa shape index (κ2) is 20.2. The van der Waals surface area contributed by atoms with Crippen molar-refractivity contribution in [3.05, 3.63) is 124 Å². The van der Waals surface area contributed by atoms with Crippen LogP contribution in [0, 0.1) is 10.1 Å². The summed E-state index contributed by atoms with van der Waals surface area (Å²) >= 11 is 7.85. The Bertz CT molecular complexity index is 2390. The van der Waals surface area contributed by atoms with Gasteiger partial charge in [0.25, 0.3) is 15.7 Å². The Labute approximate surface area is 362 Å². The Balaban J connectivity index is 1.02. The normalized spacial score (nSPS) is 15.7. The van der Waals surface area contributed by atoms with Gasteiger partial charge >= 0.3 is 0 Å². The third kappa shape index (κ3) is 11.0. The van der Waals surface area contributed by atoms with Crippen LogP contribution in [0.3, 0.4) is 0 Å². The first-order valence-electron chi connectivity index (χ1n) is 20.8. The predicted molar refractivity (Wildman–Crippen MR) is 246 cm³/mol. The molecule has 0 spiro atoms. The summed E-state index contributed by atoms with van der Waals surface area (Å²) in [5.41, 5.74) is 5.83. The quantitative estimate of drug-likeness (QED) is 0.0495. The number of nitrogens with zero attached hydrogens (tertiary/aromatic N) is 6. The standard InChI is InChI=1S/C45H53ClN8O4S2/c1-3-51(4-2)23-22-36(31-59-38-11-6-5-7-12-38)49-42-21-19-39(29-44(42)54(55)56)60(57,58)50-45-41-20-18-37(28-43(41)47-32-48-45)53-26-24-52(25-27-53)30-34-10-8-9-13-40(34)33-14-16-35(46)17-15-33/h5-7,11-12,14-21,28-29,32,36,49H,3-4,8-10,13,22-27,30-31H2,1-2H3,(H,47,48,50)/t36-/m1/s1. The van der Waals surface area contributed by atoms with Crippen molar-refractivity contribution in [2.75, 3.05) is 73.0 Å². The van der Waals surface area contributed by atoms with Gasteiger partial charge in [0, 0.05) is 78.1 Å². The maximum Gasteiger partial charge on any atom is 0.293 e. The van der Waals surface area contributed by atoms with E-state index in [1.54, 1.807) is 11.8 Å². The first-order chi connectivity index (χ1) is 29.1. The third-order valence-electron chi connectivity index (χ3n) is 11.5. The summed E-state index contributed by atoms with van der Waals surface area (Å²) in [6.45, 7) is 11.4. The van der Waals surface area contributed by atoms with Gasteiger partial charge in [-0.25, -0.2) is 18.4 Å². The molecule has 2 aliphatic rings. The van der Waals surface area contributed by atoms with Gasteiger partial charge in [0.1, 0.15) is 12.0 Å². The molecule has 15 heteroatoms. The average molecular weight is 870 g/mol. The topological polar surface area (TPSA) is 137 Å². The lowest BCUT2D eigenvalue weighted by atomic mass is 9.87. The number of halogens is 1. The Morgan fingerprint density at radius 2 is 1.67 bits per heavy atom. The maximum atomic E-state index is 13.8. The van der Waals surface area contributed by atoms with E-state index in [0.717, 1.165) is 93.3 Å². The maximum absolute atomic E-state index is 13.8. The van der Waals surface area contributed by atoms with Gasteiger partial charge < -0.3 is 15.1 Å². The number of piperazine rings is 1. The van der Waals surface area contributed by atoms with Crippen LogP contribution in [0.15, 0.2) is 113 Å². The lowest BCUT2D eigenvalue weighted by molar-refractivity contribution is -0.384. The highest BCUT2D eigenvalue weighted by molar-refractivity contribution is 7.99. The van der Waals surface area contributed by atoms with E-state index < -0.39 is 14.9 Å². The zero-order valence-corrected chi connectivity index (χ0v) is 36.6. The van der Waals surface area contributed by atoms with E-state index in [2.05, 4.69) is 60.7 Å². The highest BCUT2D eigenvalue weighted by atomic mass is 35.5. The molecule has 2 heterocycles. The summed E-state index contributed by atoms with van der Waals surface area (Å²) in [6, 6.07) is 27.9. The molecule has 1 atom stereocenters.